The smallest absolute Gasteiger partial charge is 0.790 e. The molecule has 0 heterocycles. The van der Waals surface area contributed by atoms with Gasteiger partial charge in [0.2, 0.25) is 0 Å². The zero-order chi connectivity index (χ0) is 8.20. The van der Waals surface area contributed by atoms with E-state index in [2.05, 4.69) is 36.4 Å². The third-order valence-electron chi connectivity index (χ3n) is 0.581. The van der Waals surface area contributed by atoms with Crippen LogP contribution < -0.4 is 39.3 Å². The van der Waals surface area contributed by atoms with E-state index in [9.17, 15) is 14.4 Å². The molecular formula is C3H5Br2NaO4P-. The van der Waals surface area contributed by atoms with E-state index < -0.39 is 7.82 Å². The summed E-state index contributed by atoms with van der Waals surface area (Å²) in [5.74, 6) is 0. The molecule has 0 N–H and O–H groups in total. The molecule has 0 aliphatic rings. The quantitative estimate of drug-likeness (QED) is 0.314. The van der Waals surface area contributed by atoms with Crippen LogP contribution in [0.15, 0.2) is 0 Å². The minimum Gasteiger partial charge on any atom is -0.790 e. The first kappa shape index (κ1) is 15.5. The molecule has 0 saturated carbocycles. The van der Waals surface area contributed by atoms with Gasteiger partial charge in [0, 0.05) is 10.2 Å². The zero-order valence-corrected chi connectivity index (χ0v) is 11.9. The number of hydrogen-bond acceptors (Lipinski definition) is 4. The Balaban J connectivity index is 0. The molecule has 1 atom stereocenters. The second kappa shape index (κ2) is 7.47. The van der Waals surface area contributed by atoms with Crippen molar-refractivity contribution >= 4 is 39.7 Å². The van der Waals surface area contributed by atoms with Crippen molar-refractivity contribution in [3.8, 4) is 0 Å². The van der Waals surface area contributed by atoms with Gasteiger partial charge in [-0.15, -0.1) is 0 Å². The van der Waals surface area contributed by atoms with Gasteiger partial charge in [0.1, 0.15) is 0 Å². The topological polar surface area (TPSA) is 72.4 Å². The van der Waals surface area contributed by atoms with Gasteiger partial charge >= 0.3 is 29.6 Å². The standard InChI is InChI=1S/C3H7Br2O4P.Na/c4-1-3(5)2-9-10(6,7)8;/h3H,1-2H2,(H2,6,7,8);/q;+1/p-2. The summed E-state index contributed by atoms with van der Waals surface area (Å²) >= 11 is 6.12. The summed E-state index contributed by atoms with van der Waals surface area (Å²) in [6.45, 7) is -0.129. The molecule has 0 aliphatic carbocycles. The molecule has 0 spiro atoms. The SMILES string of the molecule is O=P([O-])([O-])OCC(Br)CBr.[Na+]. The van der Waals surface area contributed by atoms with Crippen LogP contribution >= 0.6 is 39.7 Å². The number of hydrogen-bond donors (Lipinski definition) is 0. The minimum absolute atomic E-state index is 0. The van der Waals surface area contributed by atoms with Gasteiger partial charge in [0.15, 0.2) is 0 Å². The Hall–Kier alpha value is 2.07. The normalized spacial score (nSPS) is 13.8. The summed E-state index contributed by atoms with van der Waals surface area (Å²) in [6.07, 6.45) is 0. The summed E-state index contributed by atoms with van der Waals surface area (Å²) in [7, 11) is -4.78. The summed E-state index contributed by atoms with van der Waals surface area (Å²) < 4.78 is 13.8. The minimum atomic E-state index is -4.78. The molecule has 11 heavy (non-hydrogen) atoms. The first-order valence-electron chi connectivity index (χ1n) is 2.32. The van der Waals surface area contributed by atoms with Gasteiger partial charge < -0.3 is 18.9 Å². The van der Waals surface area contributed by atoms with Crippen molar-refractivity contribution in [2.75, 3.05) is 11.9 Å². The van der Waals surface area contributed by atoms with Crippen LogP contribution in [0.3, 0.4) is 0 Å². The van der Waals surface area contributed by atoms with E-state index in [1.54, 1.807) is 0 Å². The van der Waals surface area contributed by atoms with Crippen molar-refractivity contribution in [1.82, 2.24) is 0 Å². The van der Waals surface area contributed by atoms with E-state index in [1.165, 1.54) is 0 Å². The van der Waals surface area contributed by atoms with Gasteiger partial charge in [-0.1, -0.05) is 31.9 Å². The van der Waals surface area contributed by atoms with E-state index >= 15 is 0 Å². The first-order valence-corrected chi connectivity index (χ1v) is 5.82. The Bertz CT molecular complexity index is 139. The third kappa shape index (κ3) is 12.1. The van der Waals surface area contributed by atoms with Crippen molar-refractivity contribution in [1.29, 1.82) is 0 Å². The van der Waals surface area contributed by atoms with Crippen LogP contribution in [0.4, 0.5) is 0 Å². The van der Waals surface area contributed by atoms with Crippen molar-refractivity contribution in [3.05, 3.63) is 0 Å². The van der Waals surface area contributed by atoms with Crippen LogP contribution in [0.1, 0.15) is 0 Å². The molecule has 0 bridgehead atoms. The maximum atomic E-state index is 9.87. The molecular weight excluding hydrogens is 314 g/mol. The molecule has 0 aromatic rings. The fourth-order valence-electron chi connectivity index (χ4n) is 0.217. The Morgan fingerprint density at radius 2 is 2.00 bits per heavy atom. The number of halogens is 2. The van der Waals surface area contributed by atoms with E-state index in [-0.39, 0.29) is 41.0 Å². The first-order chi connectivity index (χ1) is 4.45. The van der Waals surface area contributed by atoms with Crippen molar-refractivity contribution < 1.29 is 48.4 Å². The second-order valence-electron chi connectivity index (χ2n) is 1.49. The molecule has 0 saturated heterocycles. The maximum absolute atomic E-state index is 9.87. The van der Waals surface area contributed by atoms with Gasteiger partial charge in [0.05, 0.1) is 14.4 Å². The maximum Gasteiger partial charge on any atom is 1.00 e. The van der Waals surface area contributed by atoms with Crippen molar-refractivity contribution in [2.45, 2.75) is 4.83 Å². The number of rotatable bonds is 4. The molecule has 0 aliphatic heterocycles. The van der Waals surface area contributed by atoms with E-state index in [4.69, 9.17) is 0 Å². The molecule has 1 unspecified atom stereocenters. The van der Waals surface area contributed by atoms with Gasteiger partial charge in [-0.3, -0.25) is 0 Å². The average molecular weight is 319 g/mol. The van der Waals surface area contributed by atoms with Crippen LogP contribution in [-0.2, 0) is 9.09 Å². The molecule has 4 nitrogen and oxygen atoms in total. The van der Waals surface area contributed by atoms with Gasteiger partial charge in [0.25, 0.3) is 0 Å². The van der Waals surface area contributed by atoms with Crippen LogP contribution in [-0.4, -0.2) is 16.8 Å². The predicted octanol–water partition coefficient (Wildman–Crippen LogP) is -3.01. The molecule has 0 amide bonds. The van der Waals surface area contributed by atoms with E-state index in [0.717, 1.165) is 0 Å². The van der Waals surface area contributed by atoms with Gasteiger partial charge in [-0.2, -0.15) is 0 Å². The van der Waals surface area contributed by atoms with Gasteiger partial charge in [-0.05, 0) is 0 Å². The fraction of sp³-hybridized carbons (Fsp3) is 1.00. The Morgan fingerprint density at radius 3 is 2.27 bits per heavy atom. The molecule has 0 aromatic heterocycles. The second-order valence-corrected chi connectivity index (χ2v) is 4.59. The van der Waals surface area contributed by atoms with Crippen LogP contribution in [0.25, 0.3) is 0 Å². The third-order valence-corrected chi connectivity index (χ3v) is 3.28. The fourth-order valence-corrected chi connectivity index (χ4v) is 1.10. The Kier molecular flexibility index (Phi) is 10.6. The van der Waals surface area contributed by atoms with Crippen LogP contribution in [0.2, 0.25) is 0 Å². The number of alkyl halides is 2. The number of phosphoric ester groups is 1. The van der Waals surface area contributed by atoms with E-state index in [1.807, 2.05) is 0 Å². The predicted molar refractivity (Wildman–Crippen MR) is 40.1 cm³/mol. The summed E-state index contributed by atoms with van der Waals surface area (Å²) in [6, 6.07) is 0. The zero-order valence-electron chi connectivity index (χ0n) is 5.83. The van der Waals surface area contributed by atoms with Crippen LogP contribution in [0.5, 0.6) is 0 Å². The Labute approximate surface area is 104 Å². The van der Waals surface area contributed by atoms with Crippen LogP contribution in [0, 0.1) is 0 Å². The molecule has 0 rings (SSSR count). The number of phosphoric acid groups is 1. The summed E-state index contributed by atoms with van der Waals surface area (Å²) in [4.78, 5) is 19.6. The molecule has 8 heteroatoms. The average Bonchev–Trinajstić information content (AvgIpc) is 1.81. The molecule has 0 radical (unpaired) electrons. The largest absolute Gasteiger partial charge is 1.00 e. The monoisotopic (exact) mass is 317 g/mol. The van der Waals surface area contributed by atoms with E-state index in [0.29, 0.717) is 5.33 Å². The van der Waals surface area contributed by atoms with Crippen molar-refractivity contribution in [2.24, 2.45) is 0 Å². The van der Waals surface area contributed by atoms with Crippen molar-refractivity contribution in [3.63, 3.8) is 0 Å². The Morgan fingerprint density at radius 1 is 1.55 bits per heavy atom. The summed E-state index contributed by atoms with van der Waals surface area (Å²) in [5, 5.41) is 0.535. The molecule has 0 fully saturated rings. The molecule has 0 aromatic carbocycles. The summed E-state index contributed by atoms with van der Waals surface area (Å²) in [5.41, 5.74) is 0. The molecule has 62 valence electrons. The van der Waals surface area contributed by atoms with Gasteiger partial charge in [-0.25, -0.2) is 0 Å².